The van der Waals surface area contributed by atoms with Gasteiger partial charge in [0.25, 0.3) is 0 Å². The van der Waals surface area contributed by atoms with Crippen LogP contribution in [0.4, 0.5) is 16.0 Å². The highest BCUT2D eigenvalue weighted by Gasteiger charge is 2.52. The van der Waals surface area contributed by atoms with Gasteiger partial charge >= 0.3 is 7.12 Å². The highest BCUT2D eigenvalue weighted by Crippen LogP contribution is 2.38. The zero-order chi connectivity index (χ0) is 33.0. The molecule has 2 aromatic heterocycles. The summed E-state index contributed by atoms with van der Waals surface area (Å²) in [6.07, 6.45) is 0.744. The molecule has 2 aliphatic heterocycles. The molecule has 2 fully saturated rings. The predicted octanol–water partition coefficient (Wildman–Crippen LogP) is 5.73. The number of aromatic nitrogens is 1. The van der Waals surface area contributed by atoms with Gasteiger partial charge in [0.1, 0.15) is 11.9 Å². The van der Waals surface area contributed by atoms with Crippen molar-refractivity contribution >= 4 is 41.4 Å². The number of hydrogen-bond acceptors (Lipinski definition) is 9. The molecule has 0 saturated carbocycles. The molecule has 0 amide bonds. The number of nitrogens with one attached hydrogen (secondary N) is 1. The summed E-state index contributed by atoms with van der Waals surface area (Å²) >= 11 is 0. The van der Waals surface area contributed by atoms with Gasteiger partial charge in [-0.1, -0.05) is 18.2 Å². The van der Waals surface area contributed by atoms with Crippen LogP contribution >= 0.6 is 0 Å². The minimum atomic E-state index is -0.729. The number of hydrogen-bond donors (Lipinski definition) is 1. The van der Waals surface area contributed by atoms with Crippen LogP contribution in [0.5, 0.6) is 0 Å². The zero-order valence-electron chi connectivity index (χ0n) is 27.3. The maximum Gasteiger partial charge on any atom is 0.495 e. The lowest BCUT2D eigenvalue weighted by atomic mass is 9.75. The molecule has 4 aromatic rings. The van der Waals surface area contributed by atoms with Gasteiger partial charge in [0.05, 0.1) is 52.8 Å². The third-order valence-electron chi connectivity index (χ3n) is 9.36. The lowest BCUT2D eigenvalue weighted by Crippen LogP contribution is -2.41. The summed E-state index contributed by atoms with van der Waals surface area (Å²) in [5.74, 6) is -0.112. The van der Waals surface area contributed by atoms with Crippen LogP contribution in [0.3, 0.4) is 0 Å². The van der Waals surface area contributed by atoms with Crippen molar-refractivity contribution < 1.29 is 27.6 Å². The number of anilines is 2. The fourth-order valence-corrected chi connectivity index (χ4v) is 6.04. The molecule has 0 aliphatic carbocycles. The molecule has 11 heteroatoms. The third kappa shape index (κ3) is 5.72. The van der Waals surface area contributed by atoms with Crippen LogP contribution in [0, 0.1) is 19.8 Å². The van der Waals surface area contributed by atoms with Crippen molar-refractivity contribution in [3.8, 4) is 11.3 Å². The first kappa shape index (κ1) is 31.9. The second-order valence-electron chi connectivity index (χ2n) is 13.1. The molecular weight excluding hydrogens is 588 g/mol. The van der Waals surface area contributed by atoms with Gasteiger partial charge in [0, 0.05) is 29.8 Å². The SMILES string of the molecule is Cc1cc(C(C)Nc2ccc(F)nc2-c2ccc(B3OC(C)(C)C(C)(C)O3)c(C=O)c2)c2oc(N3CCOCC3)c(C)c(=O)c2c1. The highest BCUT2D eigenvalue weighted by molar-refractivity contribution is 6.63. The van der Waals surface area contributed by atoms with Gasteiger partial charge in [-0.2, -0.15) is 4.39 Å². The molecule has 2 aliphatic rings. The molecule has 46 heavy (non-hydrogen) atoms. The number of carbonyl (C=O) groups is 1. The molecule has 1 atom stereocenters. The van der Waals surface area contributed by atoms with E-state index < -0.39 is 24.3 Å². The van der Waals surface area contributed by atoms with Gasteiger partial charge in [-0.15, -0.1) is 0 Å². The van der Waals surface area contributed by atoms with Crippen LogP contribution in [0.1, 0.15) is 67.7 Å². The van der Waals surface area contributed by atoms with Crippen LogP contribution in [-0.2, 0) is 14.0 Å². The Bertz CT molecular complexity index is 1870. The van der Waals surface area contributed by atoms with Crippen LogP contribution in [0.25, 0.3) is 22.2 Å². The van der Waals surface area contributed by atoms with Crippen LogP contribution < -0.4 is 21.1 Å². The number of rotatable bonds is 7. The molecule has 0 bridgehead atoms. The molecule has 4 heterocycles. The van der Waals surface area contributed by atoms with Gasteiger partial charge in [-0.25, -0.2) is 4.98 Å². The number of benzene rings is 2. The summed E-state index contributed by atoms with van der Waals surface area (Å²) in [4.78, 5) is 32.1. The first-order valence-electron chi connectivity index (χ1n) is 15.6. The Morgan fingerprint density at radius 1 is 1.02 bits per heavy atom. The van der Waals surface area contributed by atoms with E-state index in [0.29, 0.717) is 76.7 Å². The Labute approximate surface area is 268 Å². The smallest absolute Gasteiger partial charge is 0.440 e. The van der Waals surface area contributed by atoms with Gasteiger partial charge < -0.3 is 28.7 Å². The molecule has 2 saturated heterocycles. The Morgan fingerprint density at radius 2 is 1.72 bits per heavy atom. The molecule has 6 rings (SSSR count). The number of halogens is 1. The number of ether oxygens (including phenoxy) is 1. The molecule has 0 spiro atoms. The van der Waals surface area contributed by atoms with Gasteiger partial charge in [-0.05, 0) is 83.8 Å². The van der Waals surface area contributed by atoms with E-state index in [9.17, 15) is 14.0 Å². The molecule has 0 radical (unpaired) electrons. The average molecular weight is 628 g/mol. The minimum Gasteiger partial charge on any atom is -0.440 e. The summed E-state index contributed by atoms with van der Waals surface area (Å²) in [6, 6.07) is 11.6. The summed E-state index contributed by atoms with van der Waals surface area (Å²) in [7, 11) is -0.729. The van der Waals surface area contributed by atoms with Crippen molar-refractivity contribution in [2.75, 3.05) is 36.5 Å². The standard InChI is InChI=1S/C35H39BFN3O6/c1-20-16-25(32-26(17-20)31(42)21(2)33(44-32)40-12-14-43-15-13-40)22(3)38-28-10-11-29(37)39-30(28)23-8-9-27(24(18-23)19-41)36-45-34(4,5)35(6,7)46-36/h8-11,16-19,22,38H,12-15H2,1-7H3. The topological polar surface area (TPSA) is 103 Å². The lowest BCUT2D eigenvalue weighted by Gasteiger charge is -2.32. The Kier molecular flexibility index (Phi) is 8.29. The molecule has 1 unspecified atom stereocenters. The second-order valence-corrected chi connectivity index (χ2v) is 13.1. The maximum atomic E-state index is 14.6. The number of aldehydes is 1. The Balaban J connectivity index is 1.38. The molecule has 240 valence electrons. The quantitative estimate of drug-likeness (QED) is 0.156. The fourth-order valence-electron chi connectivity index (χ4n) is 6.04. The number of nitrogens with zero attached hydrogens (tertiary/aromatic N) is 2. The fraction of sp³-hybridized carbons (Fsp3) is 0.400. The van der Waals surface area contributed by atoms with Crippen LogP contribution in [0.15, 0.2) is 51.7 Å². The highest BCUT2D eigenvalue weighted by atomic mass is 19.1. The first-order chi connectivity index (χ1) is 21.8. The van der Waals surface area contributed by atoms with Crippen molar-refractivity contribution in [3.63, 3.8) is 0 Å². The monoisotopic (exact) mass is 627 g/mol. The van der Waals surface area contributed by atoms with E-state index >= 15 is 0 Å². The van der Waals surface area contributed by atoms with Crippen molar-refractivity contribution in [1.82, 2.24) is 4.98 Å². The van der Waals surface area contributed by atoms with E-state index in [0.717, 1.165) is 17.4 Å². The Morgan fingerprint density at radius 3 is 2.39 bits per heavy atom. The normalized spacial score (nSPS) is 18.2. The number of morpholine rings is 1. The maximum absolute atomic E-state index is 14.6. The second kappa shape index (κ2) is 11.9. The number of carbonyl (C=O) groups excluding carboxylic acids is 1. The van der Waals surface area contributed by atoms with E-state index in [1.54, 1.807) is 31.2 Å². The zero-order valence-corrected chi connectivity index (χ0v) is 27.3. The van der Waals surface area contributed by atoms with Crippen molar-refractivity contribution in [1.29, 1.82) is 0 Å². The van der Waals surface area contributed by atoms with E-state index in [1.165, 1.54) is 6.07 Å². The largest absolute Gasteiger partial charge is 0.495 e. The summed E-state index contributed by atoms with van der Waals surface area (Å²) in [6.45, 7) is 15.9. The van der Waals surface area contributed by atoms with Crippen LogP contribution in [0.2, 0.25) is 0 Å². The molecule has 2 aromatic carbocycles. The van der Waals surface area contributed by atoms with E-state index in [-0.39, 0.29) is 11.5 Å². The number of aryl methyl sites for hydroxylation is 1. The number of pyridine rings is 1. The lowest BCUT2D eigenvalue weighted by molar-refractivity contribution is 0.00578. The van der Waals surface area contributed by atoms with E-state index in [4.69, 9.17) is 18.5 Å². The van der Waals surface area contributed by atoms with Gasteiger partial charge in [-0.3, -0.25) is 9.59 Å². The van der Waals surface area contributed by atoms with Crippen molar-refractivity contribution in [2.45, 2.75) is 65.7 Å². The van der Waals surface area contributed by atoms with E-state index in [2.05, 4.69) is 10.3 Å². The molecule has 9 nitrogen and oxygen atoms in total. The predicted molar refractivity (Wildman–Crippen MR) is 178 cm³/mol. The minimum absolute atomic E-state index is 0.0764. The third-order valence-corrected chi connectivity index (χ3v) is 9.36. The average Bonchev–Trinajstić information content (AvgIpc) is 3.25. The Hall–Kier alpha value is -4.06. The summed E-state index contributed by atoms with van der Waals surface area (Å²) in [5.41, 5.74) is 3.89. The summed E-state index contributed by atoms with van der Waals surface area (Å²) in [5, 5.41) is 3.98. The number of fused-ring (bicyclic) bond motifs is 1. The molecular formula is C35H39BFN3O6. The molecule has 1 N–H and O–H groups in total. The summed E-state index contributed by atoms with van der Waals surface area (Å²) < 4.78 is 39.0. The van der Waals surface area contributed by atoms with Gasteiger partial charge in [0.15, 0.2) is 5.43 Å². The van der Waals surface area contributed by atoms with Gasteiger partial charge in [0.2, 0.25) is 11.8 Å². The van der Waals surface area contributed by atoms with Crippen molar-refractivity contribution in [2.24, 2.45) is 0 Å². The van der Waals surface area contributed by atoms with Crippen molar-refractivity contribution in [3.05, 3.63) is 80.9 Å². The van der Waals surface area contributed by atoms with Crippen LogP contribution in [-0.4, -0.2) is 55.9 Å². The van der Waals surface area contributed by atoms with E-state index in [1.807, 2.05) is 58.6 Å². The first-order valence-corrected chi connectivity index (χ1v) is 15.6.